The van der Waals surface area contributed by atoms with Crippen molar-refractivity contribution in [2.45, 2.75) is 31.5 Å². The van der Waals surface area contributed by atoms with Gasteiger partial charge in [-0.25, -0.2) is 4.98 Å². The van der Waals surface area contributed by atoms with Crippen molar-refractivity contribution in [1.82, 2.24) is 19.7 Å². The van der Waals surface area contributed by atoms with Crippen LogP contribution in [-0.2, 0) is 6.54 Å². The van der Waals surface area contributed by atoms with Gasteiger partial charge in [0.25, 0.3) is 0 Å². The van der Waals surface area contributed by atoms with Gasteiger partial charge in [-0.3, -0.25) is 9.58 Å². The topological polar surface area (TPSA) is 72.6 Å². The maximum Gasteiger partial charge on any atom is 0.137 e. The van der Waals surface area contributed by atoms with Crippen LogP contribution in [0.1, 0.15) is 12.8 Å². The van der Waals surface area contributed by atoms with Gasteiger partial charge in [0.2, 0.25) is 0 Å². The van der Waals surface area contributed by atoms with Gasteiger partial charge < -0.3 is 14.6 Å². The number of β-amino-alcohol motifs (C(OH)–C–C–N with tert-alkyl or cyclic N) is 1. The Morgan fingerprint density at radius 2 is 2.08 bits per heavy atom. The SMILES string of the molecule is COc1ccc(OC[C@H](O)CN2CCC[C@@H]2Cn2cncn2)cc1. The molecule has 0 saturated carbocycles. The number of methoxy groups -OCH3 is 1. The molecule has 2 atom stereocenters. The largest absolute Gasteiger partial charge is 0.497 e. The monoisotopic (exact) mass is 332 g/mol. The third-order valence-corrected chi connectivity index (χ3v) is 4.31. The second-order valence-electron chi connectivity index (χ2n) is 6.05. The van der Waals surface area contributed by atoms with Crippen molar-refractivity contribution in [1.29, 1.82) is 0 Å². The lowest BCUT2D eigenvalue weighted by molar-refractivity contribution is 0.0609. The van der Waals surface area contributed by atoms with Crippen molar-refractivity contribution in [3.8, 4) is 11.5 Å². The normalized spacial score (nSPS) is 19.3. The van der Waals surface area contributed by atoms with Crippen molar-refractivity contribution in [3.05, 3.63) is 36.9 Å². The molecule has 0 radical (unpaired) electrons. The molecule has 0 amide bonds. The Morgan fingerprint density at radius 1 is 1.29 bits per heavy atom. The van der Waals surface area contributed by atoms with Crippen LogP contribution in [0.2, 0.25) is 0 Å². The first-order chi connectivity index (χ1) is 11.7. The van der Waals surface area contributed by atoms with Gasteiger partial charge in [-0.15, -0.1) is 0 Å². The smallest absolute Gasteiger partial charge is 0.137 e. The Labute approximate surface area is 141 Å². The number of hydrogen-bond acceptors (Lipinski definition) is 6. The minimum atomic E-state index is -0.525. The van der Waals surface area contributed by atoms with Crippen LogP contribution < -0.4 is 9.47 Å². The number of aromatic nitrogens is 3. The molecule has 1 aliphatic rings. The molecule has 3 rings (SSSR count). The van der Waals surface area contributed by atoms with E-state index in [1.165, 1.54) is 0 Å². The van der Waals surface area contributed by atoms with Crippen LogP contribution in [0.25, 0.3) is 0 Å². The lowest BCUT2D eigenvalue weighted by Crippen LogP contribution is -2.40. The Bertz CT molecular complexity index is 603. The number of hydrogen-bond donors (Lipinski definition) is 1. The highest BCUT2D eigenvalue weighted by atomic mass is 16.5. The van der Waals surface area contributed by atoms with Gasteiger partial charge in [0.15, 0.2) is 0 Å². The quantitative estimate of drug-likeness (QED) is 0.783. The number of benzene rings is 1. The van der Waals surface area contributed by atoms with Gasteiger partial charge in [0, 0.05) is 12.6 Å². The maximum absolute atomic E-state index is 10.3. The number of ether oxygens (including phenoxy) is 2. The molecule has 1 aromatic heterocycles. The Kier molecular flexibility index (Phi) is 5.66. The molecule has 0 aliphatic carbocycles. The van der Waals surface area contributed by atoms with Crippen molar-refractivity contribution >= 4 is 0 Å². The van der Waals surface area contributed by atoms with Gasteiger partial charge >= 0.3 is 0 Å². The highest BCUT2D eigenvalue weighted by molar-refractivity contribution is 5.31. The van der Waals surface area contributed by atoms with E-state index in [4.69, 9.17) is 9.47 Å². The molecule has 0 unspecified atom stereocenters. The van der Waals surface area contributed by atoms with Crippen molar-refractivity contribution in [3.63, 3.8) is 0 Å². The van der Waals surface area contributed by atoms with E-state index in [0.29, 0.717) is 12.6 Å². The van der Waals surface area contributed by atoms with E-state index in [-0.39, 0.29) is 6.61 Å². The van der Waals surface area contributed by atoms with Gasteiger partial charge in [-0.2, -0.15) is 5.10 Å². The second kappa shape index (κ2) is 8.12. The summed E-state index contributed by atoms with van der Waals surface area (Å²) in [5.74, 6) is 1.52. The van der Waals surface area contributed by atoms with Crippen LogP contribution in [0.15, 0.2) is 36.9 Å². The third-order valence-electron chi connectivity index (χ3n) is 4.31. The lowest BCUT2D eigenvalue weighted by Gasteiger charge is -2.26. The summed E-state index contributed by atoms with van der Waals surface area (Å²) in [6, 6.07) is 7.76. The first-order valence-corrected chi connectivity index (χ1v) is 8.26. The molecule has 2 aromatic rings. The molecule has 24 heavy (non-hydrogen) atoms. The minimum absolute atomic E-state index is 0.277. The molecule has 7 heteroatoms. The molecule has 1 aliphatic heterocycles. The molecular formula is C17H24N4O3. The Balaban J connectivity index is 1.45. The fourth-order valence-electron chi connectivity index (χ4n) is 3.07. The zero-order valence-corrected chi connectivity index (χ0v) is 13.9. The van der Waals surface area contributed by atoms with Crippen molar-refractivity contribution in [2.24, 2.45) is 0 Å². The average molecular weight is 332 g/mol. The number of aliphatic hydroxyl groups is 1. The summed E-state index contributed by atoms with van der Waals surface area (Å²) in [6.45, 7) is 2.69. The number of aliphatic hydroxyl groups excluding tert-OH is 1. The van der Waals surface area contributed by atoms with Crippen molar-refractivity contribution < 1.29 is 14.6 Å². The van der Waals surface area contributed by atoms with E-state index in [2.05, 4.69) is 15.0 Å². The lowest BCUT2D eigenvalue weighted by atomic mass is 10.2. The summed E-state index contributed by atoms with van der Waals surface area (Å²) in [4.78, 5) is 6.29. The number of rotatable bonds is 8. The molecule has 0 bridgehead atoms. The number of likely N-dealkylation sites (tertiary alicyclic amines) is 1. The fourth-order valence-corrected chi connectivity index (χ4v) is 3.07. The van der Waals surface area contributed by atoms with Gasteiger partial charge in [0.05, 0.1) is 13.7 Å². The van der Waals surface area contributed by atoms with Crippen LogP contribution in [0, 0.1) is 0 Å². The highest BCUT2D eigenvalue weighted by Gasteiger charge is 2.26. The van der Waals surface area contributed by atoms with Crippen molar-refractivity contribution in [2.75, 3.05) is 26.8 Å². The number of nitrogens with zero attached hydrogens (tertiary/aromatic N) is 4. The zero-order valence-electron chi connectivity index (χ0n) is 13.9. The summed E-state index contributed by atoms with van der Waals surface area (Å²) in [5, 5.41) is 14.5. The Morgan fingerprint density at radius 3 is 2.79 bits per heavy atom. The molecule has 1 aromatic carbocycles. The minimum Gasteiger partial charge on any atom is -0.497 e. The predicted molar refractivity (Wildman–Crippen MR) is 89.1 cm³/mol. The highest BCUT2D eigenvalue weighted by Crippen LogP contribution is 2.20. The standard InChI is InChI=1S/C17H24N4O3/c1-23-16-4-6-17(7-5-16)24-11-15(22)10-20-8-2-3-14(20)9-21-13-18-12-19-21/h4-7,12-15,22H,2-3,8-11H2,1H3/t14-,15-/m1/s1. The molecule has 1 saturated heterocycles. The van der Waals surface area contributed by atoms with Crippen LogP contribution in [0.4, 0.5) is 0 Å². The Hall–Kier alpha value is -2.12. The van der Waals surface area contributed by atoms with Gasteiger partial charge in [0.1, 0.15) is 36.9 Å². The molecule has 1 N–H and O–H groups in total. The maximum atomic E-state index is 10.3. The molecule has 0 spiro atoms. The van der Waals surface area contributed by atoms with E-state index in [1.807, 2.05) is 28.9 Å². The molecule has 130 valence electrons. The van der Waals surface area contributed by atoms with E-state index >= 15 is 0 Å². The summed E-state index contributed by atoms with van der Waals surface area (Å²) < 4.78 is 12.6. The van der Waals surface area contributed by atoms with E-state index in [9.17, 15) is 5.11 Å². The van der Waals surface area contributed by atoms with E-state index < -0.39 is 6.10 Å². The summed E-state index contributed by atoms with van der Waals surface area (Å²) >= 11 is 0. The molecule has 2 heterocycles. The summed E-state index contributed by atoms with van der Waals surface area (Å²) in [6.07, 6.45) is 5.02. The predicted octanol–water partition coefficient (Wildman–Crippen LogP) is 1.19. The van der Waals surface area contributed by atoms with E-state index in [0.717, 1.165) is 37.4 Å². The first kappa shape index (κ1) is 16.7. The first-order valence-electron chi connectivity index (χ1n) is 8.26. The van der Waals surface area contributed by atoms with Crippen LogP contribution >= 0.6 is 0 Å². The third kappa shape index (κ3) is 4.46. The van der Waals surface area contributed by atoms with Gasteiger partial charge in [-0.1, -0.05) is 0 Å². The molecule has 7 nitrogen and oxygen atoms in total. The summed E-state index contributed by atoms with van der Waals surface area (Å²) in [5.41, 5.74) is 0. The molecule has 1 fully saturated rings. The van der Waals surface area contributed by atoms with E-state index in [1.54, 1.807) is 19.8 Å². The van der Waals surface area contributed by atoms with Crippen LogP contribution in [-0.4, -0.2) is 63.7 Å². The van der Waals surface area contributed by atoms with Crippen LogP contribution in [0.5, 0.6) is 11.5 Å². The zero-order chi connectivity index (χ0) is 16.8. The second-order valence-corrected chi connectivity index (χ2v) is 6.05. The summed E-state index contributed by atoms with van der Waals surface area (Å²) in [7, 11) is 1.63. The van der Waals surface area contributed by atoms with Gasteiger partial charge in [-0.05, 0) is 43.7 Å². The fraction of sp³-hybridized carbons (Fsp3) is 0.529. The van der Waals surface area contributed by atoms with Crippen LogP contribution in [0.3, 0.4) is 0 Å². The molecular weight excluding hydrogens is 308 g/mol. The average Bonchev–Trinajstić information content (AvgIpc) is 3.26.